The molecule has 1 unspecified atom stereocenters. The van der Waals surface area contributed by atoms with Crippen molar-refractivity contribution in [3.63, 3.8) is 0 Å². The highest BCUT2D eigenvalue weighted by molar-refractivity contribution is 5.73. The Morgan fingerprint density at radius 1 is 1.19 bits per heavy atom. The third-order valence-electron chi connectivity index (χ3n) is 3.66. The molecule has 92 valence electrons. The highest BCUT2D eigenvalue weighted by Gasteiger charge is 2.36. The summed E-state index contributed by atoms with van der Waals surface area (Å²) in [7, 11) is 0. The summed E-state index contributed by atoms with van der Waals surface area (Å²) in [5, 5.41) is 9.34. The fraction of sp³-hybridized carbons (Fsp3) is 0.923. The molecular weight excluding hydrogens is 202 g/mol. The molecule has 0 aliphatic heterocycles. The van der Waals surface area contributed by atoms with Gasteiger partial charge in [-0.15, -0.1) is 0 Å². The van der Waals surface area contributed by atoms with E-state index in [4.69, 9.17) is 0 Å². The van der Waals surface area contributed by atoms with Crippen LogP contribution in [-0.2, 0) is 4.79 Å². The van der Waals surface area contributed by atoms with Crippen LogP contribution < -0.4 is 0 Å². The molecule has 2 saturated carbocycles. The second-order valence-electron chi connectivity index (χ2n) is 5.87. The van der Waals surface area contributed by atoms with Crippen molar-refractivity contribution >= 4 is 5.97 Å². The molecular formula is C13H23NO2. The van der Waals surface area contributed by atoms with Crippen LogP contribution in [0.5, 0.6) is 0 Å². The van der Waals surface area contributed by atoms with Crippen molar-refractivity contribution in [3.8, 4) is 0 Å². The maximum absolute atomic E-state index is 11.3. The standard InChI is InChI=1S/C13H23NO2/c1-9(2)12(13(15)16)14(7-10-3-4-10)8-11-5-6-11/h9-12H,3-8H2,1-2H3,(H,15,16). The van der Waals surface area contributed by atoms with Crippen LogP contribution in [0.15, 0.2) is 0 Å². The topological polar surface area (TPSA) is 40.5 Å². The minimum atomic E-state index is -0.642. The van der Waals surface area contributed by atoms with Crippen molar-refractivity contribution in [1.82, 2.24) is 4.90 Å². The number of carboxylic acids is 1. The van der Waals surface area contributed by atoms with E-state index in [1.807, 2.05) is 13.8 Å². The molecule has 1 atom stereocenters. The van der Waals surface area contributed by atoms with E-state index in [9.17, 15) is 9.90 Å². The molecule has 2 aliphatic rings. The Morgan fingerprint density at radius 3 is 1.88 bits per heavy atom. The Morgan fingerprint density at radius 2 is 1.62 bits per heavy atom. The zero-order valence-corrected chi connectivity index (χ0v) is 10.4. The number of carboxylic acid groups (broad SMARTS) is 1. The summed E-state index contributed by atoms with van der Waals surface area (Å²) in [6.07, 6.45) is 5.19. The van der Waals surface area contributed by atoms with Crippen LogP contribution in [0.25, 0.3) is 0 Å². The molecule has 0 spiro atoms. The number of hydrogen-bond acceptors (Lipinski definition) is 2. The Hall–Kier alpha value is -0.570. The van der Waals surface area contributed by atoms with Crippen LogP contribution in [0.2, 0.25) is 0 Å². The monoisotopic (exact) mass is 225 g/mol. The van der Waals surface area contributed by atoms with Gasteiger partial charge in [-0.25, -0.2) is 0 Å². The first-order chi connectivity index (χ1) is 7.58. The molecule has 3 heteroatoms. The molecule has 3 nitrogen and oxygen atoms in total. The second kappa shape index (κ2) is 4.74. The van der Waals surface area contributed by atoms with Gasteiger partial charge in [0, 0.05) is 13.1 Å². The smallest absolute Gasteiger partial charge is 0.321 e. The van der Waals surface area contributed by atoms with Crippen LogP contribution >= 0.6 is 0 Å². The molecule has 2 aliphatic carbocycles. The summed E-state index contributed by atoms with van der Waals surface area (Å²) in [6.45, 7) is 6.05. The van der Waals surface area contributed by atoms with Crippen LogP contribution in [0.4, 0.5) is 0 Å². The molecule has 0 aromatic carbocycles. The molecule has 0 aromatic heterocycles. The molecule has 0 bridgehead atoms. The van der Waals surface area contributed by atoms with E-state index < -0.39 is 5.97 Å². The molecule has 2 fully saturated rings. The van der Waals surface area contributed by atoms with Crippen molar-refractivity contribution in [1.29, 1.82) is 0 Å². The number of rotatable bonds is 7. The second-order valence-corrected chi connectivity index (χ2v) is 5.87. The highest BCUT2D eigenvalue weighted by atomic mass is 16.4. The van der Waals surface area contributed by atoms with Gasteiger partial charge in [0.05, 0.1) is 0 Å². The molecule has 16 heavy (non-hydrogen) atoms. The lowest BCUT2D eigenvalue weighted by atomic mass is 10.0. The van der Waals surface area contributed by atoms with Crippen molar-refractivity contribution in [2.75, 3.05) is 13.1 Å². The van der Waals surface area contributed by atoms with Gasteiger partial charge in [-0.05, 0) is 43.4 Å². The Labute approximate surface area is 97.8 Å². The molecule has 0 aromatic rings. The van der Waals surface area contributed by atoms with Gasteiger partial charge in [-0.3, -0.25) is 9.69 Å². The summed E-state index contributed by atoms with van der Waals surface area (Å²) in [4.78, 5) is 13.6. The predicted molar refractivity (Wildman–Crippen MR) is 63.3 cm³/mol. The van der Waals surface area contributed by atoms with Crippen LogP contribution in [-0.4, -0.2) is 35.1 Å². The molecule has 1 N–H and O–H groups in total. The number of hydrogen-bond donors (Lipinski definition) is 1. The van der Waals surface area contributed by atoms with E-state index in [1.54, 1.807) is 0 Å². The van der Waals surface area contributed by atoms with E-state index >= 15 is 0 Å². The maximum Gasteiger partial charge on any atom is 0.321 e. The van der Waals surface area contributed by atoms with Crippen LogP contribution in [0, 0.1) is 17.8 Å². The van der Waals surface area contributed by atoms with Crippen molar-refractivity contribution < 1.29 is 9.90 Å². The molecule has 0 saturated heterocycles. The number of nitrogens with zero attached hydrogens (tertiary/aromatic N) is 1. The van der Waals surface area contributed by atoms with E-state index in [0.717, 1.165) is 24.9 Å². The molecule has 0 radical (unpaired) electrons. The normalized spacial score (nSPS) is 22.8. The van der Waals surface area contributed by atoms with E-state index in [0.29, 0.717) is 0 Å². The zero-order chi connectivity index (χ0) is 11.7. The lowest BCUT2D eigenvalue weighted by molar-refractivity contribution is -0.145. The first-order valence-electron chi connectivity index (χ1n) is 6.54. The summed E-state index contributed by atoms with van der Waals surface area (Å²) in [6, 6.07) is -0.277. The lowest BCUT2D eigenvalue weighted by Gasteiger charge is -2.31. The summed E-state index contributed by atoms with van der Waals surface area (Å²) in [5.74, 6) is 1.12. The Balaban J connectivity index is 1.96. The Kier molecular flexibility index (Phi) is 3.53. The first-order valence-corrected chi connectivity index (χ1v) is 6.54. The number of carbonyl (C=O) groups is 1. The molecule has 0 amide bonds. The van der Waals surface area contributed by atoms with Gasteiger partial charge in [0.2, 0.25) is 0 Å². The van der Waals surface area contributed by atoms with Crippen LogP contribution in [0.1, 0.15) is 39.5 Å². The van der Waals surface area contributed by atoms with Crippen molar-refractivity contribution in [2.45, 2.75) is 45.6 Å². The van der Waals surface area contributed by atoms with Gasteiger partial charge in [0.15, 0.2) is 0 Å². The fourth-order valence-corrected chi connectivity index (χ4v) is 2.43. The van der Waals surface area contributed by atoms with E-state index in [1.165, 1.54) is 25.7 Å². The van der Waals surface area contributed by atoms with E-state index in [2.05, 4.69) is 4.90 Å². The quantitative estimate of drug-likeness (QED) is 0.722. The van der Waals surface area contributed by atoms with Crippen molar-refractivity contribution in [2.24, 2.45) is 17.8 Å². The van der Waals surface area contributed by atoms with Gasteiger partial charge >= 0.3 is 5.97 Å². The Bertz CT molecular complexity index is 243. The minimum Gasteiger partial charge on any atom is -0.480 e. The zero-order valence-electron chi connectivity index (χ0n) is 10.4. The average Bonchev–Trinajstić information content (AvgIpc) is 2.96. The predicted octanol–water partition coefficient (Wildman–Crippen LogP) is 2.22. The number of aliphatic carboxylic acids is 1. The third-order valence-corrected chi connectivity index (χ3v) is 3.66. The summed E-state index contributed by atoms with van der Waals surface area (Å²) < 4.78 is 0. The fourth-order valence-electron chi connectivity index (χ4n) is 2.43. The van der Waals surface area contributed by atoms with Crippen molar-refractivity contribution in [3.05, 3.63) is 0 Å². The summed E-state index contributed by atoms with van der Waals surface area (Å²) >= 11 is 0. The van der Waals surface area contributed by atoms with E-state index in [-0.39, 0.29) is 12.0 Å². The van der Waals surface area contributed by atoms with Gasteiger partial charge in [0.25, 0.3) is 0 Å². The average molecular weight is 225 g/mol. The third kappa shape index (κ3) is 3.21. The van der Waals surface area contributed by atoms with Gasteiger partial charge in [-0.2, -0.15) is 0 Å². The molecule has 0 heterocycles. The lowest BCUT2D eigenvalue weighted by Crippen LogP contribution is -2.46. The van der Waals surface area contributed by atoms with Gasteiger partial charge < -0.3 is 5.11 Å². The molecule has 2 rings (SSSR count). The summed E-state index contributed by atoms with van der Waals surface area (Å²) in [5.41, 5.74) is 0. The highest BCUT2D eigenvalue weighted by Crippen LogP contribution is 2.35. The minimum absolute atomic E-state index is 0.204. The largest absolute Gasteiger partial charge is 0.480 e. The van der Waals surface area contributed by atoms with Gasteiger partial charge in [0.1, 0.15) is 6.04 Å². The van der Waals surface area contributed by atoms with Gasteiger partial charge in [-0.1, -0.05) is 13.8 Å². The van der Waals surface area contributed by atoms with Crippen LogP contribution in [0.3, 0.4) is 0 Å². The SMILES string of the molecule is CC(C)C(C(=O)O)N(CC1CC1)CC1CC1. The first kappa shape index (κ1) is 11.9. The maximum atomic E-state index is 11.3.